The summed E-state index contributed by atoms with van der Waals surface area (Å²) in [6.45, 7) is 0.374. The number of hydrogen-bond acceptors (Lipinski definition) is 2. The van der Waals surface area contributed by atoms with E-state index >= 15 is 0 Å². The van der Waals surface area contributed by atoms with Crippen molar-refractivity contribution < 1.29 is 14.6 Å². The lowest BCUT2D eigenvalue weighted by Gasteiger charge is -2.08. The Bertz CT molecular complexity index is 609. The zero-order valence-electron chi connectivity index (χ0n) is 11.0. The molecule has 0 fully saturated rings. The summed E-state index contributed by atoms with van der Waals surface area (Å²) in [4.78, 5) is 10.3. The highest BCUT2D eigenvalue weighted by Gasteiger charge is 2.02. The fourth-order valence-electron chi connectivity index (χ4n) is 1.76. The Morgan fingerprint density at radius 2 is 1.67 bits per heavy atom. The van der Waals surface area contributed by atoms with Gasteiger partial charge in [-0.3, -0.25) is 0 Å². The maximum Gasteiger partial charge on any atom is 0.404 e. The second-order valence-electron chi connectivity index (χ2n) is 4.33. The van der Waals surface area contributed by atoms with E-state index in [0.29, 0.717) is 34.5 Å². The van der Waals surface area contributed by atoms with E-state index in [0.717, 1.165) is 5.56 Å². The van der Waals surface area contributed by atoms with E-state index in [1.165, 1.54) is 0 Å². The molecular formula is C15H13Cl2NO3. The maximum atomic E-state index is 10.3. The summed E-state index contributed by atoms with van der Waals surface area (Å²) in [7, 11) is 0. The molecule has 0 aromatic heterocycles. The lowest BCUT2D eigenvalue weighted by molar-refractivity contribution is 0.194. The molecule has 0 spiro atoms. The van der Waals surface area contributed by atoms with Crippen LogP contribution in [0.15, 0.2) is 42.5 Å². The molecule has 2 rings (SSSR count). The molecule has 0 atom stereocenters. The van der Waals surface area contributed by atoms with Crippen molar-refractivity contribution in [3.8, 4) is 11.5 Å². The van der Waals surface area contributed by atoms with Gasteiger partial charge in [-0.2, -0.15) is 0 Å². The van der Waals surface area contributed by atoms with Crippen LogP contribution in [-0.4, -0.2) is 17.7 Å². The van der Waals surface area contributed by atoms with Crippen LogP contribution in [0.25, 0.3) is 0 Å². The first kappa shape index (κ1) is 15.5. The third-order valence-corrected chi connectivity index (χ3v) is 3.12. The van der Waals surface area contributed by atoms with Gasteiger partial charge in [-0.05, 0) is 42.3 Å². The Kier molecular flexibility index (Phi) is 5.31. The van der Waals surface area contributed by atoms with Crippen LogP contribution in [0.1, 0.15) is 5.56 Å². The van der Waals surface area contributed by atoms with Crippen LogP contribution in [0.3, 0.4) is 0 Å². The molecule has 0 bridgehead atoms. The van der Waals surface area contributed by atoms with Crippen LogP contribution in [0.2, 0.25) is 10.0 Å². The molecule has 21 heavy (non-hydrogen) atoms. The lowest BCUT2D eigenvalue weighted by Crippen LogP contribution is -2.23. The molecule has 0 unspecified atom stereocenters. The third kappa shape index (κ3) is 5.17. The van der Waals surface area contributed by atoms with Gasteiger partial charge in [-0.1, -0.05) is 35.3 Å². The average Bonchev–Trinajstić information content (AvgIpc) is 2.39. The molecule has 2 aromatic rings. The van der Waals surface area contributed by atoms with Crippen LogP contribution in [0, 0.1) is 0 Å². The summed E-state index contributed by atoms with van der Waals surface area (Å²) in [5.41, 5.74) is 1.01. The fraction of sp³-hybridized carbons (Fsp3) is 0.133. The smallest absolute Gasteiger partial charge is 0.404 e. The zero-order chi connectivity index (χ0) is 15.2. The Morgan fingerprint density at radius 3 is 2.24 bits per heavy atom. The van der Waals surface area contributed by atoms with Crippen molar-refractivity contribution in [3.63, 3.8) is 0 Å². The lowest BCUT2D eigenvalue weighted by atomic mass is 10.1. The summed E-state index contributed by atoms with van der Waals surface area (Å²) in [6.07, 6.45) is -0.400. The minimum Gasteiger partial charge on any atom is -0.465 e. The van der Waals surface area contributed by atoms with Crippen LogP contribution in [0.4, 0.5) is 4.79 Å². The van der Waals surface area contributed by atoms with Gasteiger partial charge in [0.2, 0.25) is 0 Å². The number of nitrogens with one attached hydrogen (secondary N) is 1. The van der Waals surface area contributed by atoms with Crippen molar-refractivity contribution in [1.29, 1.82) is 0 Å². The second kappa shape index (κ2) is 7.20. The third-order valence-electron chi connectivity index (χ3n) is 2.69. The molecule has 2 aromatic carbocycles. The van der Waals surface area contributed by atoms with Gasteiger partial charge in [0.25, 0.3) is 0 Å². The number of carboxylic acid groups (broad SMARTS) is 1. The van der Waals surface area contributed by atoms with Gasteiger partial charge in [-0.25, -0.2) is 4.79 Å². The highest BCUT2D eigenvalue weighted by Crippen LogP contribution is 2.28. The summed E-state index contributed by atoms with van der Waals surface area (Å²) < 4.78 is 5.66. The van der Waals surface area contributed by atoms with E-state index in [1.807, 2.05) is 24.3 Å². The van der Waals surface area contributed by atoms with Gasteiger partial charge in [0.15, 0.2) is 0 Å². The highest BCUT2D eigenvalue weighted by atomic mass is 35.5. The van der Waals surface area contributed by atoms with Crippen molar-refractivity contribution in [2.24, 2.45) is 0 Å². The largest absolute Gasteiger partial charge is 0.465 e. The number of hydrogen-bond donors (Lipinski definition) is 2. The first-order valence-corrected chi connectivity index (χ1v) is 6.98. The summed E-state index contributed by atoms with van der Waals surface area (Å²) in [6, 6.07) is 12.4. The first-order valence-electron chi connectivity index (χ1n) is 6.22. The molecule has 6 heteroatoms. The molecule has 0 saturated carbocycles. The molecule has 1 amide bonds. The van der Waals surface area contributed by atoms with Crippen LogP contribution in [-0.2, 0) is 6.42 Å². The van der Waals surface area contributed by atoms with Gasteiger partial charge in [0.05, 0.1) is 0 Å². The summed E-state index contributed by atoms with van der Waals surface area (Å²) >= 11 is 11.8. The van der Waals surface area contributed by atoms with E-state index in [-0.39, 0.29) is 0 Å². The van der Waals surface area contributed by atoms with Crippen LogP contribution < -0.4 is 10.1 Å². The van der Waals surface area contributed by atoms with Gasteiger partial charge in [0, 0.05) is 16.6 Å². The number of halogens is 2. The normalized spacial score (nSPS) is 10.2. The SMILES string of the molecule is O=C(O)NCCc1ccc(Oc2cc(Cl)cc(Cl)c2)cc1. The Hall–Kier alpha value is -1.91. The topological polar surface area (TPSA) is 58.6 Å². The van der Waals surface area contributed by atoms with Crippen LogP contribution >= 0.6 is 23.2 Å². The molecule has 4 nitrogen and oxygen atoms in total. The number of amides is 1. The molecule has 0 saturated heterocycles. The first-order chi connectivity index (χ1) is 10.0. The quantitative estimate of drug-likeness (QED) is 0.844. The number of ether oxygens (including phenoxy) is 1. The molecule has 0 aliphatic rings. The Morgan fingerprint density at radius 1 is 1.05 bits per heavy atom. The van der Waals surface area contributed by atoms with E-state index in [9.17, 15) is 4.79 Å². The second-order valence-corrected chi connectivity index (χ2v) is 5.21. The number of rotatable bonds is 5. The van der Waals surface area contributed by atoms with Crippen molar-refractivity contribution >= 4 is 29.3 Å². The summed E-state index contributed by atoms with van der Waals surface area (Å²) in [5.74, 6) is 1.22. The van der Waals surface area contributed by atoms with E-state index in [4.69, 9.17) is 33.0 Å². The molecule has 2 N–H and O–H groups in total. The molecule has 110 valence electrons. The van der Waals surface area contributed by atoms with Gasteiger partial charge in [0.1, 0.15) is 11.5 Å². The molecule has 0 aliphatic heterocycles. The minimum absolute atomic E-state index is 0.374. The van der Waals surface area contributed by atoms with Gasteiger partial charge >= 0.3 is 6.09 Å². The standard InChI is InChI=1S/C15H13Cl2NO3/c16-11-7-12(17)9-14(8-11)21-13-3-1-10(2-4-13)5-6-18-15(19)20/h1-4,7-9,18H,5-6H2,(H,19,20). The van der Waals surface area contributed by atoms with Crippen molar-refractivity contribution in [1.82, 2.24) is 5.32 Å². The molecule has 0 aliphatic carbocycles. The van der Waals surface area contributed by atoms with Crippen LogP contribution in [0.5, 0.6) is 11.5 Å². The summed E-state index contributed by atoms with van der Waals surface area (Å²) in [5, 5.41) is 11.8. The Labute approximate surface area is 132 Å². The van der Waals surface area contributed by atoms with Crippen molar-refractivity contribution in [2.45, 2.75) is 6.42 Å². The van der Waals surface area contributed by atoms with Crippen molar-refractivity contribution in [3.05, 3.63) is 58.1 Å². The van der Waals surface area contributed by atoms with E-state index in [2.05, 4.69) is 5.32 Å². The van der Waals surface area contributed by atoms with Crippen molar-refractivity contribution in [2.75, 3.05) is 6.54 Å². The van der Waals surface area contributed by atoms with E-state index < -0.39 is 6.09 Å². The molecule has 0 radical (unpaired) electrons. The number of benzene rings is 2. The Balaban J connectivity index is 1.97. The van der Waals surface area contributed by atoms with Gasteiger partial charge < -0.3 is 15.2 Å². The molecule has 0 heterocycles. The fourth-order valence-corrected chi connectivity index (χ4v) is 2.27. The predicted molar refractivity (Wildman–Crippen MR) is 82.7 cm³/mol. The zero-order valence-corrected chi connectivity index (χ0v) is 12.5. The predicted octanol–water partition coefficient (Wildman–Crippen LogP) is 4.60. The highest BCUT2D eigenvalue weighted by molar-refractivity contribution is 6.34. The maximum absolute atomic E-state index is 10.3. The minimum atomic E-state index is -1.02. The molecular weight excluding hydrogens is 313 g/mol. The average molecular weight is 326 g/mol. The monoisotopic (exact) mass is 325 g/mol. The van der Waals surface area contributed by atoms with Gasteiger partial charge in [-0.15, -0.1) is 0 Å². The van der Waals surface area contributed by atoms with E-state index in [1.54, 1.807) is 18.2 Å². The number of carbonyl (C=O) groups is 1.